The number of carbonyl (C=O) groups excluding carboxylic acids is 2. The van der Waals surface area contributed by atoms with Gasteiger partial charge in [-0.05, 0) is 11.1 Å². The molecule has 0 fully saturated rings. The molecule has 0 heterocycles. The number of hydrogen-bond donors (Lipinski definition) is 2. The van der Waals surface area contributed by atoms with Crippen molar-refractivity contribution in [1.29, 1.82) is 0 Å². The number of ether oxygens (including phenoxy) is 2. The van der Waals surface area contributed by atoms with Crippen molar-refractivity contribution in [3.05, 3.63) is 35.4 Å². The first kappa shape index (κ1) is 11.8. The van der Waals surface area contributed by atoms with Crippen LogP contribution in [0.2, 0.25) is 0 Å². The maximum atomic E-state index is 10.4. The maximum absolute atomic E-state index is 10.4. The Hall–Kier alpha value is -2.24. The highest BCUT2D eigenvalue weighted by molar-refractivity contribution is 5.65. The molecule has 0 bridgehead atoms. The summed E-state index contributed by atoms with van der Waals surface area (Å²) >= 11 is 0. The molecule has 0 aromatic heterocycles. The van der Waals surface area contributed by atoms with Gasteiger partial charge in [0.15, 0.2) is 0 Å². The molecule has 2 amide bonds. The van der Waals surface area contributed by atoms with Gasteiger partial charge in [-0.2, -0.15) is 0 Å². The van der Waals surface area contributed by atoms with E-state index in [4.69, 9.17) is 11.5 Å². The molecule has 0 spiro atoms. The van der Waals surface area contributed by atoms with Gasteiger partial charge < -0.3 is 20.9 Å². The van der Waals surface area contributed by atoms with Gasteiger partial charge in [-0.25, -0.2) is 9.59 Å². The summed E-state index contributed by atoms with van der Waals surface area (Å²) in [6.07, 6.45) is -1.71. The second-order valence-corrected chi connectivity index (χ2v) is 2.98. The smallest absolute Gasteiger partial charge is 0.404 e. The van der Waals surface area contributed by atoms with Crippen molar-refractivity contribution in [3.63, 3.8) is 0 Å². The normalized spacial score (nSPS) is 9.50. The van der Waals surface area contributed by atoms with Crippen molar-refractivity contribution in [1.82, 2.24) is 0 Å². The number of nitrogens with two attached hydrogens (primary N) is 2. The second kappa shape index (κ2) is 5.59. The summed E-state index contributed by atoms with van der Waals surface area (Å²) in [6.45, 7) is 0.0707. The fourth-order valence-corrected chi connectivity index (χ4v) is 1.14. The van der Waals surface area contributed by atoms with Crippen LogP contribution in [0.5, 0.6) is 0 Å². The highest BCUT2D eigenvalue weighted by atomic mass is 16.5. The van der Waals surface area contributed by atoms with E-state index in [1.807, 2.05) is 0 Å². The Morgan fingerprint density at radius 2 is 1.31 bits per heavy atom. The Kier molecular flexibility index (Phi) is 4.14. The number of rotatable bonds is 4. The van der Waals surface area contributed by atoms with Crippen LogP contribution in [0.3, 0.4) is 0 Å². The Balaban J connectivity index is 2.67. The molecule has 1 aromatic rings. The average molecular weight is 224 g/mol. The molecule has 1 rings (SSSR count). The van der Waals surface area contributed by atoms with Crippen molar-refractivity contribution in [2.24, 2.45) is 11.5 Å². The van der Waals surface area contributed by atoms with E-state index in [2.05, 4.69) is 9.47 Å². The molecule has 0 aliphatic carbocycles. The third-order valence-electron chi connectivity index (χ3n) is 1.86. The molecule has 86 valence electrons. The van der Waals surface area contributed by atoms with E-state index in [1.54, 1.807) is 24.3 Å². The van der Waals surface area contributed by atoms with Gasteiger partial charge >= 0.3 is 12.2 Å². The summed E-state index contributed by atoms with van der Waals surface area (Å²) in [6, 6.07) is 7.02. The molecule has 6 nitrogen and oxygen atoms in total. The molecule has 0 saturated carbocycles. The van der Waals surface area contributed by atoms with Crippen LogP contribution in [0.1, 0.15) is 11.1 Å². The van der Waals surface area contributed by atoms with Gasteiger partial charge in [-0.1, -0.05) is 24.3 Å². The number of primary amides is 2. The number of benzene rings is 1. The highest BCUT2D eigenvalue weighted by Crippen LogP contribution is 2.11. The zero-order chi connectivity index (χ0) is 12.0. The van der Waals surface area contributed by atoms with E-state index in [0.717, 1.165) is 0 Å². The molecule has 0 aliphatic heterocycles. The monoisotopic (exact) mass is 224 g/mol. The molecule has 4 N–H and O–H groups in total. The van der Waals surface area contributed by atoms with E-state index < -0.39 is 12.2 Å². The van der Waals surface area contributed by atoms with Crippen LogP contribution in [0.15, 0.2) is 24.3 Å². The minimum Gasteiger partial charge on any atom is -0.445 e. The molecule has 0 aliphatic rings. The zero-order valence-electron chi connectivity index (χ0n) is 8.51. The Labute approximate surface area is 92.1 Å². The van der Waals surface area contributed by atoms with Crippen LogP contribution in [0.4, 0.5) is 9.59 Å². The summed E-state index contributed by atoms with van der Waals surface area (Å²) in [5.41, 5.74) is 11.1. The topological polar surface area (TPSA) is 105 Å². The second-order valence-electron chi connectivity index (χ2n) is 2.98. The Morgan fingerprint density at radius 1 is 0.938 bits per heavy atom. The lowest BCUT2D eigenvalue weighted by atomic mass is 10.1. The molecular weight excluding hydrogens is 212 g/mol. The van der Waals surface area contributed by atoms with E-state index in [1.165, 1.54) is 0 Å². The van der Waals surface area contributed by atoms with Gasteiger partial charge in [0.25, 0.3) is 0 Å². The summed E-state index contributed by atoms with van der Waals surface area (Å²) in [5.74, 6) is 0. The van der Waals surface area contributed by atoms with Crippen molar-refractivity contribution < 1.29 is 19.1 Å². The van der Waals surface area contributed by atoms with Crippen LogP contribution < -0.4 is 11.5 Å². The predicted molar refractivity (Wildman–Crippen MR) is 55.2 cm³/mol. The number of amides is 2. The Bertz CT molecular complexity index is 355. The number of hydrogen-bond acceptors (Lipinski definition) is 4. The quantitative estimate of drug-likeness (QED) is 0.791. The van der Waals surface area contributed by atoms with Crippen molar-refractivity contribution in [2.45, 2.75) is 13.2 Å². The van der Waals surface area contributed by atoms with Crippen LogP contribution in [0.25, 0.3) is 0 Å². The first-order valence-electron chi connectivity index (χ1n) is 4.51. The third kappa shape index (κ3) is 3.87. The highest BCUT2D eigenvalue weighted by Gasteiger charge is 2.05. The van der Waals surface area contributed by atoms with Gasteiger partial charge in [0.1, 0.15) is 13.2 Å². The average Bonchev–Trinajstić information content (AvgIpc) is 2.24. The number of carbonyl (C=O) groups is 2. The summed E-state index contributed by atoms with van der Waals surface area (Å²) in [4.78, 5) is 20.9. The largest absolute Gasteiger partial charge is 0.445 e. The molecule has 1 aromatic carbocycles. The van der Waals surface area contributed by atoms with Crippen LogP contribution in [-0.2, 0) is 22.7 Å². The predicted octanol–water partition coefficient (Wildman–Crippen LogP) is 0.877. The molecule has 0 saturated heterocycles. The minimum atomic E-state index is -0.856. The molecule has 0 radical (unpaired) electrons. The summed E-state index contributed by atoms with van der Waals surface area (Å²) < 4.78 is 9.29. The zero-order valence-corrected chi connectivity index (χ0v) is 8.51. The summed E-state index contributed by atoms with van der Waals surface area (Å²) in [7, 11) is 0. The fourth-order valence-electron chi connectivity index (χ4n) is 1.14. The van der Waals surface area contributed by atoms with Gasteiger partial charge in [0, 0.05) is 0 Å². The molecule has 0 unspecified atom stereocenters. The molecule has 6 heteroatoms. The van der Waals surface area contributed by atoms with Gasteiger partial charge in [0.2, 0.25) is 0 Å². The van der Waals surface area contributed by atoms with E-state index in [9.17, 15) is 9.59 Å². The van der Waals surface area contributed by atoms with Crippen LogP contribution in [-0.4, -0.2) is 12.2 Å². The van der Waals surface area contributed by atoms with Crippen LogP contribution in [0, 0.1) is 0 Å². The fraction of sp³-hybridized carbons (Fsp3) is 0.200. The van der Waals surface area contributed by atoms with Gasteiger partial charge in [0.05, 0.1) is 0 Å². The van der Waals surface area contributed by atoms with E-state index in [0.29, 0.717) is 11.1 Å². The van der Waals surface area contributed by atoms with E-state index >= 15 is 0 Å². The third-order valence-corrected chi connectivity index (χ3v) is 1.86. The lowest BCUT2D eigenvalue weighted by Gasteiger charge is -2.08. The van der Waals surface area contributed by atoms with Crippen molar-refractivity contribution in [2.75, 3.05) is 0 Å². The van der Waals surface area contributed by atoms with Gasteiger partial charge in [-0.3, -0.25) is 0 Å². The first-order chi connectivity index (χ1) is 7.59. The van der Waals surface area contributed by atoms with E-state index in [-0.39, 0.29) is 13.2 Å². The van der Waals surface area contributed by atoms with Crippen LogP contribution >= 0.6 is 0 Å². The molecular formula is C10H12N2O4. The molecule has 16 heavy (non-hydrogen) atoms. The van der Waals surface area contributed by atoms with Crippen molar-refractivity contribution in [3.8, 4) is 0 Å². The lowest BCUT2D eigenvalue weighted by Crippen LogP contribution is -2.15. The molecule has 0 atom stereocenters. The van der Waals surface area contributed by atoms with Gasteiger partial charge in [-0.15, -0.1) is 0 Å². The Morgan fingerprint density at radius 3 is 1.62 bits per heavy atom. The summed E-state index contributed by atoms with van der Waals surface area (Å²) in [5, 5.41) is 0. The standard InChI is InChI=1S/C10H12N2O4/c11-9(13)15-5-7-3-1-2-4-8(7)6-16-10(12)14/h1-4H,5-6H2,(H2,11,13)(H2,12,14). The lowest BCUT2D eigenvalue weighted by molar-refractivity contribution is 0.142. The maximum Gasteiger partial charge on any atom is 0.404 e. The SMILES string of the molecule is NC(=O)OCc1ccccc1COC(N)=O. The minimum absolute atomic E-state index is 0.0353. The van der Waals surface area contributed by atoms with Crippen molar-refractivity contribution >= 4 is 12.2 Å². The first-order valence-corrected chi connectivity index (χ1v) is 4.51.